The maximum absolute atomic E-state index is 11.4. The van der Waals surface area contributed by atoms with Crippen LogP contribution < -0.4 is 5.32 Å². The van der Waals surface area contributed by atoms with Gasteiger partial charge in [-0.25, -0.2) is 0 Å². The van der Waals surface area contributed by atoms with Crippen molar-refractivity contribution >= 4 is 36.4 Å². The number of nitrogens with zero attached hydrogens (tertiary/aromatic N) is 1. The Morgan fingerprint density at radius 3 is 2.62 bits per heavy atom. The van der Waals surface area contributed by atoms with E-state index in [-0.39, 0.29) is 30.7 Å². The van der Waals surface area contributed by atoms with Crippen LogP contribution in [0.15, 0.2) is 24.3 Å². The lowest BCUT2D eigenvalue weighted by atomic mass is 9.72. The Hall–Kier alpha value is -0.0300. The molecule has 1 saturated heterocycles. The van der Waals surface area contributed by atoms with Gasteiger partial charge in [0.15, 0.2) is 0 Å². The molecule has 1 aromatic rings. The Labute approximate surface area is 175 Å². The molecule has 0 bridgehead atoms. The van der Waals surface area contributed by atoms with E-state index in [9.17, 15) is 5.11 Å². The largest absolute Gasteiger partial charge is 0.389 e. The number of likely N-dealkylation sites (tertiary alicyclic amines) is 1. The van der Waals surface area contributed by atoms with E-state index in [0.717, 1.165) is 50.3 Å². The summed E-state index contributed by atoms with van der Waals surface area (Å²) in [6.45, 7) is 3.13. The van der Waals surface area contributed by atoms with Crippen LogP contribution in [0.2, 0.25) is 5.02 Å². The molecule has 150 valence electrons. The molecule has 1 aromatic carbocycles. The predicted octanol–water partition coefficient (Wildman–Crippen LogP) is 4.65. The number of hydrogen-bond donors (Lipinski definition) is 2. The van der Waals surface area contributed by atoms with E-state index in [0.29, 0.717) is 6.04 Å². The number of likely N-dealkylation sites (N-methyl/N-ethyl adjacent to an activating group) is 1. The SMILES string of the molecule is CN[C@@H]1CCCN(CC(c2cccc(Cl)c2)C2(O)CCCCC2)C1.Cl.Cl. The van der Waals surface area contributed by atoms with Gasteiger partial charge in [0.1, 0.15) is 0 Å². The highest BCUT2D eigenvalue weighted by Gasteiger charge is 2.40. The lowest BCUT2D eigenvalue weighted by Crippen LogP contribution is -2.49. The topological polar surface area (TPSA) is 35.5 Å². The molecule has 0 spiro atoms. The van der Waals surface area contributed by atoms with Crippen molar-refractivity contribution in [3.63, 3.8) is 0 Å². The van der Waals surface area contributed by atoms with E-state index in [1.165, 1.54) is 24.8 Å². The van der Waals surface area contributed by atoms with Gasteiger partial charge in [0.2, 0.25) is 0 Å². The van der Waals surface area contributed by atoms with Gasteiger partial charge in [-0.05, 0) is 57.0 Å². The van der Waals surface area contributed by atoms with E-state index < -0.39 is 5.60 Å². The molecular weight excluding hydrogens is 391 g/mol. The van der Waals surface area contributed by atoms with Crippen LogP contribution >= 0.6 is 36.4 Å². The van der Waals surface area contributed by atoms with Crippen LogP contribution in [0.4, 0.5) is 0 Å². The summed E-state index contributed by atoms with van der Waals surface area (Å²) >= 11 is 6.26. The first-order valence-corrected chi connectivity index (χ1v) is 9.86. The molecule has 0 amide bonds. The number of nitrogens with one attached hydrogen (secondary N) is 1. The molecule has 2 aliphatic rings. The summed E-state index contributed by atoms with van der Waals surface area (Å²) in [6, 6.07) is 8.70. The van der Waals surface area contributed by atoms with Crippen LogP contribution in [0.25, 0.3) is 0 Å². The van der Waals surface area contributed by atoms with Crippen LogP contribution in [-0.2, 0) is 0 Å². The normalized spacial score (nSPS) is 24.2. The third kappa shape index (κ3) is 5.98. The number of rotatable bonds is 5. The van der Waals surface area contributed by atoms with Gasteiger partial charge < -0.3 is 15.3 Å². The molecule has 6 heteroatoms. The summed E-state index contributed by atoms with van der Waals surface area (Å²) in [7, 11) is 2.05. The van der Waals surface area contributed by atoms with Crippen molar-refractivity contribution in [2.45, 2.75) is 62.5 Å². The third-order valence-electron chi connectivity index (χ3n) is 5.97. The smallest absolute Gasteiger partial charge is 0.0728 e. The summed E-state index contributed by atoms with van der Waals surface area (Å²) in [5.41, 5.74) is 0.605. The lowest BCUT2D eigenvalue weighted by molar-refractivity contribution is -0.0329. The Bertz CT molecular complexity index is 538. The quantitative estimate of drug-likeness (QED) is 0.724. The van der Waals surface area contributed by atoms with Gasteiger partial charge in [-0.1, -0.05) is 43.0 Å². The van der Waals surface area contributed by atoms with Crippen molar-refractivity contribution in [1.82, 2.24) is 10.2 Å². The number of hydrogen-bond acceptors (Lipinski definition) is 3. The Morgan fingerprint density at radius 2 is 1.96 bits per heavy atom. The third-order valence-corrected chi connectivity index (χ3v) is 6.21. The van der Waals surface area contributed by atoms with Crippen LogP contribution in [0, 0.1) is 0 Å². The van der Waals surface area contributed by atoms with Gasteiger partial charge in [-0.3, -0.25) is 0 Å². The highest BCUT2D eigenvalue weighted by molar-refractivity contribution is 6.30. The van der Waals surface area contributed by atoms with Gasteiger partial charge in [0.25, 0.3) is 0 Å². The standard InChI is InChI=1S/C20H31ClN2O.2ClH/c1-22-18-9-6-12-23(14-18)15-19(16-7-5-8-17(21)13-16)20(24)10-3-2-4-11-20;;/h5,7-8,13,18-19,22,24H,2-4,6,9-12,14-15H2,1H3;2*1H/t18-,19?;;/m1../s1. The maximum Gasteiger partial charge on any atom is 0.0728 e. The summed E-state index contributed by atoms with van der Waals surface area (Å²) < 4.78 is 0. The molecule has 1 aliphatic heterocycles. The van der Waals surface area contributed by atoms with Crippen molar-refractivity contribution in [2.75, 3.05) is 26.7 Å². The monoisotopic (exact) mass is 422 g/mol. The molecule has 26 heavy (non-hydrogen) atoms. The fourth-order valence-corrected chi connectivity index (χ4v) is 4.74. The van der Waals surface area contributed by atoms with Crippen molar-refractivity contribution in [3.05, 3.63) is 34.9 Å². The summed E-state index contributed by atoms with van der Waals surface area (Å²) in [6.07, 6.45) is 7.81. The highest BCUT2D eigenvalue weighted by Crippen LogP contribution is 2.41. The minimum Gasteiger partial charge on any atom is -0.389 e. The second-order valence-electron chi connectivity index (χ2n) is 7.66. The summed E-state index contributed by atoms with van der Waals surface area (Å²) in [5, 5.41) is 15.6. The minimum atomic E-state index is -0.588. The van der Waals surface area contributed by atoms with Gasteiger partial charge in [-0.15, -0.1) is 24.8 Å². The highest BCUT2D eigenvalue weighted by atomic mass is 35.5. The van der Waals surface area contributed by atoms with Crippen molar-refractivity contribution in [1.29, 1.82) is 0 Å². The van der Waals surface area contributed by atoms with E-state index in [1.54, 1.807) is 0 Å². The molecule has 1 unspecified atom stereocenters. The van der Waals surface area contributed by atoms with Crippen LogP contribution in [0.5, 0.6) is 0 Å². The molecule has 1 saturated carbocycles. The van der Waals surface area contributed by atoms with Crippen LogP contribution in [0.3, 0.4) is 0 Å². The first-order valence-electron chi connectivity index (χ1n) is 9.48. The van der Waals surface area contributed by atoms with E-state index >= 15 is 0 Å². The molecular formula is C20H33Cl3N2O. The number of piperidine rings is 1. The zero-order valence-electron chi connectivity index (χ0n) is 15.6. The van der Waals surface area contributed by atoms with Crippen LogP contribution in [0.1, 0.15) is 56.4 Å². The van der Waals surface area contributed by atoms with E-state index in [4.69, 9.17) is 11.6 Å². The molecule has 2 atom stereocenters. The first-order chi connectivity index (χ1) is 11.6. The molecule has 0 aromatic heterocycles. The second kappa shape index (κ2) is 11.1. The van der Waals surface area contributed by atoms with Crippen molar-refractivity contribution in [3.8, 4) is 0 Å². The van der Waals surface area contributed by atoms with Gasteiger partial charge >= 0.3 is 0 Å². The van der Waals surface area contributed by atoms with E-state index in [2.05, 4.69) is 29.4 Å². The average molecular weight is 424 g/mol. The van der Waals surface area contributed by atoms with Crippen LogP contribution in [-0.4, -0.2) is 48.3 Å². The molecule has 2 fully saturated rings. The lowest BCUT2D eigenvalue weighted by Gasteiger charge is -2.43. The second-order valence-corrected chi connectivity index (χ2v) is 8.10. The summed E-state index contributed by atoms with van der Waals surface area (Å²) in [4.78, 5) is 2.53. The van der Waals surface area contributed by atoms with Gasteiger partial charge in [0.05, 0.1) is 5.60 Å². The molecule has 2 N–H and O–H groups in total. The number of benzene rings is 1. The van der Waals surface area contributed by atoms with Crippen molar-refractivity contribution < 1.29 is 5.11 Å². The van der Waals surface area contributed by atoms with Crippen molar-refractivity contribution in [2.24, 2.45) is 0 Å². The molecule has 0 radical (unpaired) electrons. The maximum atomic E-state index is 11.4. The Balaban J connectivity index is 0.00000169. The first kappa shape index (κ1) is 24.0. The zero-order chi connectivity index (χ0) is 17.0. The predicted molar refractivity (Wildman–Crippen MR) is 115 cm³/mol. The molecule has 1 aliphatic carbocycles. The molecule has 3 rings (SSSR count). The minimum absolute atomic E-state index is 0. The number of halogens is 3. The zero-order valence-corrected chi connectivity index (χ0v) is 18.0. The molecule has 1 heterocycles. The Morgan fingerprint density at radius 1 is 1.23 bits per heavy atom. The fraction of sp³-hybridized carbons (Fsp3) is 0.700. The fourth-order valence-electron chi connectivity index (χ4n) is 4.54. The summed E-state index contributed by atoms with van der Waals surface area (Å²) in [5.74, 6) is 0.145. The molecule has 3 nitrogen and oxygen atoms in total. The average Bonchev–Trinajstić information content (AvgIpc) is 2.60. The Kier molecular flexibility index (Phi) is 10.2. The van der Waals surface area contributed by atoms with E-state index in [1.807, 2.05) is 12.1 Å². The van der Waals surface area contributed by atoms with Gasteiger partial charge in [0, 0.05) is 30.1 Å². The number of aliphatic hydroxyl groups is 1. The van der Waals surface area contributed by atoms with Gasteiger partial charge in [-0.2, -0.15) is 0 Å².